The molecule has 1 amide bonds. The van der Waals surface area contributed by atoms with E-state index in [0.717, 1.165) is 27.6 Å². The number of nitrogens with zero attached hydrogens (tertiary/aromatic N) is 1. The quantitative estimate of drug-likeness (QED) is 0.733. The number of nitrogens with one attached hydrogen (secondary N) is 1. The molecule has 0 saturated carbocycles. The molecule has 0 fully saturated rings. The number of anilines is 1. The number of aryl methyl sites for hydroxylation is 1. The van der Waals surface area contributed by atoms with Crippen LogP contribution >= 0.6 is 11.3 Å². The van der Waals surface area contributed by atoms with Gasteiger partial charge in [-0.15, -0.1) is 11.3 Å². The Morgan fingerprint density at radius 2 is 2.04 bits per heavy atom. The van der Waals surface area contributed by atoms with Gasteiger partial charge in [-0.3, -0.25) is 10.1 Å². The third kappa shape index (κ3) is 3.21. The molecular formula is C19H16N2O4S. The Labute approximate surface area is 154 Å². The van der Waals surface area contributed by atoms with E-state index in [1.165, 1.54) is 17.4 Å². The van der Waals surface area contributed by atoms with Crippen LogP contribution < -0.4 is 14.8 Å². The highest BCUT2D eigenvalue weighted by Gasteiger charge is 2.17. The van der Waals surface area contributed by atoms with Crippen molar-refractivity contribution in [1.82, 2.24) is 4.98 Å². The molecule has 0 spiro atoms. The Morgan fingerprint density at radius 3 is 2.88 bits per heavy atom. The van der Waals surface area contributed by atoms with Crippen molar-refractivity contribution in [2.75, 3.05) is 12.1 Å². The number of rotatable bonds is 4. The fourth-order valence-corrected chi connectivity index (χ4v) is 3.70. The minimum Gasteiger partial charge on any atom is -0.507 e. The number of thiazole rings is 1. The number of ether oxygens (including phenoxy) is 2. The van der Waals surface area contributed by atoms with E-state index in [-0.39, 0.29) is 24.0 Å². The number of amides is 1. The van der Waals surface area contributed by atoms with Crippen LogP contribution in [0.2, 0.25) is 0 Å². The van der Waals surface area contributed by atoms with Gasteiger partial charge in [0.05, 0.1) is 11.3 Å². The molecule has 0 bridgehead atoms. The molecule has 7 heteroatoms. The van der Waals surface area contributed by atoms with Crippen molar-refractivity contribution in [2.24, 2.45) is 0 Å². The fourth-order valence-electron chi connectivity index (χ4n) is 2.71. The molecule has 1 aliphatic rings. The smallest absolute Gasteiger partial charge is 0.261 e. The summed E-state index contributed by atoms with van der Waals surface area (Å²) in [5.41, 5.74) is 2.16. The number of phenolic OH excluding ortho intramolecular Hbond substituents is 1. The summed E-state index contributed by atoms with van der Waals surface area (Å²) in [7, 11) is 0. The molecule has 3 aromatic rings. The lowest BCUT2D eigenvalue weighted by atomic mass is 10.1. The topological polar surface area (TPSA) is 80.7 Å². The van der Waals surface area contributed by atoms with E-state index >= 15 is 0 Å². The van der Waals surface area contributed by atoms with Gasteiger partial charge in [-0.1, -0.05) is 18.2 Å². The van der Waals surface area contributed by atoms with Crippen molar-refractivity contribution in [1.29, 1.82) is 0 Å². The summed E-state index contributed by atoms with van der Waals surface area (Å²) < 4.78 is 10.7. The lowest BCUT2D eigenvalue weighted by molar-refractivity contribution is 0.102. The highest BCUT2D eigenvalue weighted by molar-refractivity contribution is 7.15. The molecule has 0 atom stereocenters. The van der Waals surface area contributed by atoms with Gasteiger partial charge in [-0.05, 0) is 36.8 Å². The van der Waals surface area contributed by atoms with Gasteiger partial charge in [-0.25, -0.2) is 4.98 Å². The van der Waals surface area contributed by atoms with Crippen molar-refractivity contribution >= 4 is 22.4 Å². The molecule has 132 valence electrons. The van der Waals surface area contributed by atoms with E-state index in [1.807, 2.05) is 25.1 Å². The minimum absolute atomic E-state index is 0.0566. The number of carbonyl (C=O) groups is 1. The molecule has 26 heavy (non-hydrogen) atoms. The number of aromatic nitrogens is 1. The average Bonchev–Trinajstić information content (AvgIpc) is 3.21. The van der Waals surface area contributed by atoms with Crippen LogP contribution in [0.4, 0.5) is 5.13 Å². The van der Waals surface area contributed by atoms with Crippen molar-refractivity contribution in [2.45, 2.75) is 13.3 Å². The van der Waals surface area contributed by atoms with Gasteiger partial charge in [0.25, 0.3) is 5.91 Å². The summed E-state index contributed by atoms with van der Waals surface area (Å²) in [6, 6.07) is 12.3. The average molecular weight is 368 g/mol. The first kappa shape index (κ1) is 16.4. The van der Waals surface area contributed by atoms with Crippen LogP contribution in [-0.2, 0) is 6.42 Å². The third-order valence-corrected chi connectivity index (χ3v) is 5.14. The van der Waals surface area contributed by atoms with Crippen LogP contribution in [0.25, 0.3) is 0 Å². The molecule has 0 radical (unpaired) electrons. The largest absolute Gasteiger partial charge is 0.507 e. The van der Waals surface area contributed by atoms with Crippen molar-refractivity contribution in [3.63, 3.8) is 0 Å². The van der Waals surface area contributed by atoms with Gasteiger partial charge >= 0.3 is 0 Å². The van der Waals surface area contributed by atoms with Gasteiger partial charge in [0.2, 0.25) is 6.79 Å². The lowest BCUT2D eigenvalue weighted by Crippen LogP contribution is -2.11. The Hall–Kier alpha value is -3.06. The monoisotopic (exact) mass is 368 g/mol. The SMILES string of the molecule is Cc1nc(NC(=O)c2ccccc2O)sc1Cc1ccc2c(c1)OCO2. The van der Waals surface area contributed by atoms with Crippen LogP contribution in [-0.4, -0.2) is 22.8 Å². The van der Waals surface area contributed by atoms with E-state index in [4.69, 9.17) is 9.47 Å². The van der Waals surface area contributed by atoms with E-state index in [0.29, 0.717) is 11.6 Å². The zero-order valence-electron chi connectivity index (χ0n) is 14.0. The van der Waals surface area contributed by atoms with Gasteiger partial charge in [0.15, 0.2) is 16.6 Å². The van der Waals surface area contributed by atoms with Crippen LogP contribution in [0, 0.1) is 6.92 Å². The van der Waals surface area contributed by atoms with Crippen molar-refractivity contribution in [3.8, 4) is 17.2 Å². The molecule has 1 aliphatic heterocycles. The summed E-state index contributed by atoms with van der Waals surface area (Å²) in [6.45, 7) is 2.16. The van der Waals surface area contributed by atoms with Gasteiger partial charge in [0, 0.05) is 11.3 Å². The first-order valence-corrected chi connectivity index (χ1v) is 8.86. The molecule has 0 saturated heterocycles. The number of phenols is 1. The van der Waals surface area contributed by atoms with Gasteiger partial charge in [0.1, 0.15) is 5.75 Å². The van der Waals surface area contributed by atoms with Crippen LogP contribution in [0.15, 0.2) is 42.5 Å². The minimum atomic E-state index is -0.383. The number of para-hydroxylation sites is 1. The maximum atomic E-state index is 12.3. The molecule has 0 unspecified atom stereocenters. The number of hydrogen-bond donors (Lipinski definition) is 2. The first-order chi connectivity index (χ1) is 12.6. The van der Waals surface area contributed by atoms with E-state index in [9.17, 15) is 9.90 Å². The number of aromatic hydroxyl groups is 1. The fraction of sp³-hybridized carbons (Fsp3) is 0.158. The number of fused-ring (bicyclic) bond motifs is 1. The molecule has 1 aromatic heterocycles. The molecule has 6 nitrogen and oxygen atoms in total. The van der Waals surface area contributed by atoms with E-state index in [1.54, 1.807) is 18.2 Å². The highest BCUT2D eigenvalue weighted by Crippen LogP contribution is 2.34. The second-order valence-corrected chi connectivity index (χ2v) is 6.95. The summed E-state index contributed by atoms with van der Waals surface area (Å²) in [5.74, 6) is 1.06. The molecule has 0 aliphatic carbocycles. The van der Waals surface area contributed by atoms with Gasteiger partial charge in [-0.2, -0.15) is 0 Å². The molecule has 4 rings (SSSR count). The Bertz CT molecular complexity index is 983. The Balaban J connectivity index is 1.51. The standard InChI is InChI=1S/C19H16N2O4S/c1-11-17(9-12-6-7-15-16(8-12)25-10-24-15)26-19(20-11)21-18(23)13-4-2-3-5-14(13)22/h2-8,22H,9-10H2,1H3,(H,20,21,23). The summed E-state index contributed by atoms with van der Waals surface area (Å²) in [4.78, 5) is 17.8. The number of benzene rings is 2. The summed E-state index contributed by atoms with van der Waals surface area (Å²) >= 11 is 1.42. The molecule has 2 heterocycles. The maximum absolute atomic E-state index is 12.3. The second kappa shape index (κ2) is 6.68. The second-order valence-electron chi connectivity index (χ2n) is 5.86. The zero-order chi connectivity index (χ0) is 18.1. The Kier molecular flexibility index (Phi) is 4.22. The zero-order valence-corrected chi connectivity index (χ0v) is 14.8. The van der Waals surface area contributed by atoms with Gasteiger partial charge < -0.3 is 14.6 Å². The molecule has 2 N–H and O–H groups in total. The van der Waals surface area contributed by atoms with E-state index < -0.39 is 0 Å². The number of carbonyl (C=O) groups excluding carboxylic acids is 1. The van der Waals surface area contributed by atoms with Crippen LogP contribution in [0.3, 0.4) is 0 Å². The lowest BCUT2D eigenvalue weighted by Gasteiger charge is -2.03. The van der Waals surface area contributed by atoms with Crippen molar-refractivity contribution < 1.29 is 19.4 Å². The maximum Gasteiger partial charge on any atom is 0.261 e. The number of hydrogen-bond acceptors (Lipinski definition) is 6. The first-order valence-electron chi connectivity index (χ1n) is 8.04. The van der Waals surface area contributed by atoms with Crippen molar-refractivity contribution in [3.05, 3.63) is 64.2 Å². The Morgan fingerprint density at radius 1 is 1.23 bits per heavy atom. The van der Waals surface area contributed by atoms with Crippen LogP contribution in [0.1, 0.15) is 26.5 Å². The third-order valence-electron chi connectivity index (χ3n) is 4.06. The van der Waals surface area contributed by atoms with Crippen LogP contribution in [0.5, 0.6) is 17.2 Å². The highest BCUT2D eigenvalue weighted by atomic mass is 32.1. The molecule has 2 aromatic carbocycles. The normalized spacial score (nSPS) is 12.2. The predicted octanol–water partition coefficient (Wildman–Crippen LogP) is 3.73. The van der Waals surface area contributed by atoms with E-state index in [2.05, 4.69) is 10.3 Å². The summed E-state index contributed by atoms with van der Waals surface area (Å²) in [5, 5.41) is 13.0. The predicted molar refractivity (Wildman–Crippen MR) is 98.3 cm³/mol. The summed E-state index contributed by atoms with van der Waals surface area (Å²) in [6.07, 6.45) is 0.687. The molecular weight excluding hydrogens is 352 g/mol.